The highest BCUT2D eigenvalue weighted by atomic mass is 16.5. The van der Waals surface area contributed by atoms with Crippen LogP contribution in [0.1, 0.15) is 17.4 Å². The third kappa shape index (κ3) is 2.13. The quantitative estimate of drug-likeness (QED) is 0.481. The summed E-state index contributed by atoms with van der Waals surface area (Å²) in [7, 11) is 0. The van der Waals surface area contributed by atoms with Gasteiger partial charge in [-0.05, 0) is 6.92 Å². The Labute approximate surface area is 69.5 Å². The van der Waals surface area contributed by atoms with Crippen molar-refractivity contribution in [2.45, 2.75) is 6.92 Å². The number of nitrogens with zero attached hydrogens (tertiary/aromatic N) is 1. The van der Waals surface area contributed by atoms with Gasteiger partial charge in [0.15, 0.2) is 18.7 Å². The number of aromatic nitrogens is 1. The van der Waals surface area contributed by atoms with E-state index in [1.165, 1.54) is 12.7 Å². The number of rotatable bonds is 2. The van der Waals surface area contributed by atoms with Crippen LogP contribution in [0.25, 0.3) is 0 Å². The molecule has 0 aliphatic heterocycles. The summed E-state index contributed by atoms with van der Waals surface area (Å²) in [4.78, 5) is 14.6. The Bertz CT molecular complexity index is 305. The molecule has 0 unspecified atom stereocenters. The van der Waals surface area contributed by atoms with Gasteiger partial charge in [-0.15, -0.1) is 5.92 Å². The molecule has 12 heavy (non-hydrogen) atoms. The van der Waals surface area contributed by atoms with Gasteiger partial charge in [0.2, 0.25) is 0 Å². The van der Waals surface area contributed by atoms with Crippen molar-refractivity contribution in [1.29, 1.82) is 0 Å². The molecular formula is C8H7NO3. The second-order valence-corrected chi connectivity index (χ2v) is 1.88. The first-order chi connectivity index (χ1) is 5.84. The summed E-state index contributed by atoms with van der Waals surface area (Å²) in [5.41, 5.74) is 0.160. The van der Waals surface area contributed by atoms with E-state index in [4.69, 9.17) is 4.74 Å². The lowest BCUT2D eigenvalue weighted by Gasteiger charge is -1.94. The second-order valence-electron chi connectivity index (χ2n) is 1.88. The number of carbonyl (C=O) groups excluding carboxylic acids is 1. The molecule has 0 bridgehead atoms. The van der Waals surface area contributed by atoms with Crippen LogP contribution >= 0.6 is 0 Å². The maximum absolute atomic E-state index is 11.0. The average Bonchev–Trinajstić information content (AvgIpc) is 2.56. The van der Waals surface area contributed by atoms with Crippen LogP contribution in [0.2, 0.25) is 0 Å². The molecule has 1 rings (SSSR count). The van der Waals surface area contributed by atoms with Gasteiger partial charge < -0.3 is 9.15 Å². The predicted molar refractivity (Wildman–Crippen MR) is 40.2 cm³/mol. The lowest BCUT2D eigenvalue weighted by molar-refractivity contribution is 0.0550. The van der Waals surface area contributed by atoms with Gasteiger partial charge in [0.05, 0.1) is 0 Å². The SMILES string of the molecule is CC#CCOC(=O)c1cocn1. The molecule has 0 aliphatic carbocycles. The van der Waals surface area contributed by atoms with E-state index in [1.807, 2.05) is 0 Å². The molecule has 0 aromatic carbocycles. The fraction of sp³-hybridized carbons (Fsp3) is 0.250. The molecule has 0 saturated heterocycles. The Morgan fingerprint density at radius 1 is 1.83 bits per heavy atom. The van der Waals surface area contributed by atoms with Crippen LogP contribution in [0, 0.1) is 11.8 Å². The van der Waals surface area contributed by atoms with Crippen molar-refractivity contribution >= 4 is 5.97 Å². The molecule has 0 fully saturated rings. The maximum Gasteiger partial charge on any atom is 0.361 e. The average molecular weight is 165 g/mol. The summed E-state index contributed by atoms with van der Waals surface area (Å²) < 4.78 is 9.29. The first kappa shape index (κ1) is 8.34. The van der Waals surface area contributed by atoms with Gasteiger partial charge in [0, 0.05) is 0 Å². The van der Waals surface area contributed by atoms with Crippen molar-refractivity contribution in [3.8, 4) is 11.8 Å². The van der Waals surface area contributed by atoms with E-state index in [-0.39, 0.29) is 12.3 Å². The van der Waals surface area contributed by atoms with Crippen LogP contribution in [-0.2, 0) is 4.74 Å². The molecule has 0 amide bonds. The van der Waals surface area contributed by atoms with Gasteiger partial charge in [-0.1, -0.05) is 5.92 Å². The van der Waals surface area contributed by atoms with E-state index in [1.54, 1.807) is 6.92 Å². The fourth-order valence-electron chi connectivity index (χ4n) is 0.561. The van der Waals surface area contributed by atoms with Gasteiger partial charge in [0.1, 0.15) is 6.26 Å². The Balaban J connectivity index is 2.43. The Kier molecular flexibility index (Phi) is 2.91. The monoisotopic (exact) mass is 165 g/mol. The molecule has 62 valence electrons. The Morgan fingerprint density at radius 2 is 2.67 bits per heavy atom. The lowest BCUT2D eigenvalue weighted by atomic mass is 10.5. The Hall–Kier alpha value is -1.76. The standard InChI is InChI=1S/C8H7NO3/c1-2-3-4-12-8(10)7-5-11-6-9-7/h5-6H,4H2,1H3. The molecule has 1 aromatic rings. The zero-order valence-corrected chi connectivity index (χ0v) is 6.53. The highest BCUT2D eigenvalue weighted by molar-refractivity contribution is 5.86. The van der Waals surface area contributed by atoms with Crippen LogP contribution in [0.4, 0.5) is 0 Å². The van der Waals surface area contributed by atoms with Gasteiger partial charge in [-0.25, -0.2) is 9.78 Å². The zero-order chi connectivity index (χ0) is 8.81. The minimum absolute atomic E-state index is 0.0855. The van der Waals surface area contributed by atoms with Crippen molar-refractivity contribution in [3.63, 3.8) is 0 Å². The molecule has 1 aromatic heterocycles. The van der Waals surface area contributed by atoms with Crippen molar-refractivity contribution in [2.24, 2.45) is 0 Å². The van der Waals surface area contributed by atoms with E-state index < -0.39 is 5.97 Å². The van der Waals surface area contributed by atoms with Gasteiger partial charge in [-0.2, -0.15) is 0 Å². The lowest BCUT2D eigenvalue weighted by Crippen LogP contribution is -2.05. The zero-order valence-electron chi connectivity index (χ0n) is 6.53. The van der Waals surface area contributed by atoms with Crippen LogP contribution in [0.3, 0.4) is 0 Å². The third-order valence-electron chi connectivity index (χ3n) is 1.09. The predicted octanol–water partition coefficient (Wildman–Crippen LogP) is 0.855. The smallest absolute Gasteiger partial charge is 0.361 e. The molecule has 0 atom stereocenters. The molecule has 4 heteroatoms. The highest BCUT2D eigenvalue weighted by Gasteiger charge is 2.08. The first-order valence-electron chi connectivity index (χ1n) is 3.29. The number of carbonyl (C=O) groups is 1. The van der Waals surface area contributed by atoms with Crippen molar-refractivity contribution in [1.82, 2.24) is 4.98 Å². The molecule has 0 saturated carbocycles. The molecule has 0 N–H and O–H groups in total. The molecule has 4 nitrogen and oxygen atoms in total. The minimum Gasteiger partial charge on any atom is -0.451 e. The third-order valence-corrected chi connectivity index (χ3v) is 1.09. The van der Waals surface area contributed by atoms with Crippen molar-refractivity contribution in [3.05, 3.63) is 18.4 Å². The topological polar surface area (TPSA) is 52.3 Å². The number of oxazole rings is 1. The highest BCUT2D eigenvalue weighted by Crippen LogP contribution is 1.96. The normalized spacial score (nSPS) is 8.42. The van der Waals surface area contributed by atoms with Gasteiger partial charge in [0.25, 0.3) is 0 Å². The summed E-state index contributed by atoms with van der Waals surface area (Å²) in [6, 6.07) is 0. The van der Waals surface area contributed by atoms with Crippen LogP contribution in [-0.4, -0.2) is 17.6 Å². The molecular weight excluding hydrogens is 158 g/mol. The molecule has 0 aliphatic rings. The van der Waals surface area contributed by atoms with E-state index in [2.05, 4.69) is 21.2 Å². The van der Waals surface area contributed by atoms with Gasteiger partial charge in [-0.3, -0.25) is 0 Å². The summed E-state index contributed by atoms with van der Waals surface area (Å²) in [5.74, 6) is 4.67. The van der Waals surface area contributed by atoms with Crippen LogP contribution < -0.4 is 0 Å². The molecule has 1 heterocycles. The second kappa shape index (κ2) is 4.19. The van der Waals surface area contributed by atoms with Gasteiger partial charge >= 0.3 is 5.97 Å². The largest absolute Gasteiger partial charge is 0.451 e. The number of hydrogen-bond donors (Lipinski definition) is 0. The number of ether oxygens (including phenoxy) is 1. The van der Waals surface area contributed by atoms with E-state index in [0.29, 0.717) is 0 Å². The Morgan fingerprint density at radius 3 is 3.25 bits per heavy atom. The minimum atomic E-state index is -0.522. The van der Waals surface area contributed by atoms with Crippen LogP contribution in [0.5, 0.6) is 0 Å². The van der Waals surface area contributed by atoms with Crippen LogP contribution in [0.15, 0.2) is 17.1 Å². The number of hydrogen-bond acceptors (Lipinski definition) is 4. The maximum atomic E-state index is 11.0. The van der Waals surface area contributed by atoms with E-state index >= 15 is 0 Å². The molecule has 0 radical (unpaired) electrons. The summed E-state index contributed by atoms with van der Waals surface area (Å²) in [6.45, 7) is 1.76. The summed E-state index contributed by atoms with van der Waals surface area (Å²) in [5, 5.41) is 0. The first-order valence-corrected chi connectivity index (χ1v) is 3.29. The van der Waals surface area contributed by atoms with E-state index in [0.717, 1.165) is 0 Å². The summed E-state index contributed by atoms with van der Waals surface area (Å²) >= 11 is 0. The fourth-order valence-corrected chi connectivity index (χ4v) is 0.561. The molecule has 0 spiro atoms. The van der Waals surface area contributed by atoms with Crippen molar-refractivity contribution in [2.75, 3.05) is 6.61 Å². The van der Waals surface area contributed by atoms with Crippen molar-refractivity contribution < 1.29 is 13.9 Å². The van der Waals surface area contributed by atoms with E-state index in [9.17, 15) is 4.79 Å². The number of esters is 1. The summed E-state index contributed by atoms with van der Waals surface area (Å²) in [6.07, 6.45) is 2.39.